The number of methoxy groups -OCH3 is 1. The number of anilines is 4. The van der Waals surface area contributed by atoms with Gasteiger partial charge in [-0.15, -0.1) is 0 Å². The molecule has 0 radical (unpaired) electrons. The first-order valence-corrected chi connectivity index (χ1v) is 8.86. The molecular weight excluding hydrogens is 356 g/mol. The van der Waals surface area contributed by atoms with Crippen molar-refractivity contribution in [3.8, 4) is 5.75 Å². The van der Waals surface area contributed by atoms with E-state index in [4.69, 9.17) is 9.47 Å². The molecule has 0 aliphatic heterocycles. The number of rotatable bonds is 7. The van der Waals surface area contributed by atoms with Gasteiger partial charge in [-0.1, -0.05) is 18.2 Å². The smallest absolute Gasteiger partial charge is 0.337 e. The summed E-state index contributed by atoms with van der Waals surface area (Å²) in [4.78, 5) is 20.4. The van der Waals surface area contributed by atoms with Crippen molar-refractivity contribution in [1.29, 1.82) is 0 Å². The molecular formula is C21H22N4O3. The van der Waals surface area contributed by atoms with E-state index in [1.54, 1.807) is 30.5 Å². The van der Waals surface area contributed by atoms with Crippen molar-refractivity contribution in [3.05, 3.63) is 66.4 Å². The van der Waals surface area contributed by atoms with Crippen LogP contribution >= 0.6 is 0 Å². The van der Waals surface area contributed by atoms with Gasteiger partial charge >= 0.3 is 5.97 Å². The van der Waals surface area contributed by atoms with E-state index >= 15 is 0 Å². The van der Waals surface area contributed by atoms with Gasteiger partial charge in [0.25, 0.3) is 0 Å². The lowest BCUT2D eigenvalue weighted by Gasteiger charge is -2.15. The Balaban J connectivity index is 1.78. The van der Waals surface area contributed by atoms with E-state index in [1.807, 2.05) is 44.2 Å². The minimum Gasteiger partial charge on any atom is -0.489 e. The molecule has 0 atom stereocenters. The number of hydrogen-bond donors (Lipinski definition) is 2. The first-order valence-electron chi connectivity index (χ1n) is 8.86. The van der Waals surface area contributed by atoms with Gasteiger partial charge in [0.15, 0.2) is 0 Å². The van der Waals surface area contributed by atoms with Crippen molar-refractivity contribution in [2.75, 3.05) is 17.7 Å². The summed E-state index contributed by atoms with van der Waals surface area (Å²) in [6.07, 6.45) is 1.71. The molecule has 2 aromatic carbocycles. The number of hydrogen-bond acceptors (Lipinski definition) is 7. The lowest BCUT2D eigenvalue weighted by Crippen LogP contribution is -2.08. The Bertz CT molecular complexity index is 960. The predicted molar refractivity (Wildman–Crippen MR) is 109 cm³/mol. The Morgan fingerprint density at radius 1 is 1.04 bits per heavy atom. The Hall–Kier alpha value is -3.61. The highest BCUT2D eigenvalue weighted by Crippen LogP contribution is 2.28. The lowest BCUT2D eigenvalue weighted by molar-refractivity contribution is 0.0601. The molecule has 0 fully saturated rings. The van der Waals surface area contributed by atoms with E-state index in [9.17, 15) is 4.79 Å². The van der Waals surface area contributed by atoms with Crippen LogP contribution < -0.4 is 15.4 Å². The van der Waals surface area contributed by atoms with Gasteiger partial charge in [0.1, 0.15) is 11.6 Å². The largest absolute Gasteiger partial charge is 0.489 e. The summed E-state index contributed by atoms with van der Waals surface area (Å²) in [6, 6.07) is 16.4. The third kappa shape index (κ3) is 4.97. The summed E-state index contributed by atoms with van der Waals surface area (Å²) in [6.45, 7) is 3.96. The van der Waals surface area contributed by atoms with Crippen molar-refractivity contribution < 1.29 is 14.3 Å². The zero-order valence-electron chi connectivity index (χ0n) is 16.0. The molecule has 0 saturated heterocycles. The average molecular weight is 378 g/mol. The number of nitrogens with zero attached hydrogens (tertiary/aromatic N) is 2. The molecule has 1 aromatic heterocycles. The highest BCUT2D eigenvalue weighted by molar-refractivity contribution is 5.90. The standard InChI is InChI=1S/C21H22N4O3/c1-14(2)28-18-10-5-4-9-17(18)24-19-11-12-22-21(25-19)23-16-8-6-7-15(13-16)20(26)27-3/h4-14H,1-3H3,(H2,22,23,24,25). The molecule has 3 rings (SSSR count). The van der Waals surface area contributed by atoms with Crippen LogP contribution in [0.25, 0.3) is 0 Å². The van der Waals surface area contributed by atoms with Crippen molar-refractivity contribution in [1.82, 2.24) is 9.97 Å². The minimum atomic E-state index is -0.401. The van der Waals surface area contributed by atoms with E-state index in [0.717, 1.165) is 11.4 Å². The van der Waals surface area contributed by atoms with Crippen LogP contribution in [-0.2, 0) is 4.74 Å². The molecule has 7 nitrogen and oxygen atoms in total. The number of nitrogens with one attached hydrogen (secondary N) is 2. The van der Waals surface area contributed by atoms with Crippen LogP contribution in [0.3, 0.4) is 0 Å². The number of carbonyl (C=O) groups excluding carboxylic acids is 1. The van der Waals surface area contributed by atoms with Gasteiger partial charge in [-0.2, -0.15) is 4.98 Å². The van der Waals surface area contributed by atoms with Gasteiger partial charge in [-0.25, -0.2) is 9.78 Å². The quantitative estimate of drug-likeness (QED) is 0.584. The zero-order valence-corrected chi connectivity index (χ0v) is 16.0. The van der Waals surface area contributed by atoms with Crippen LogP contribution in [0, 0.1) is 0 Å². The second-order valence-electron chi connectivity index (χ2n) is 6.25. The van der Waals surface area contributed by atoms with E-state index in [-0.39, 0.29) is 6.10 Å². The Labute approximate surface area is 163 Å². The fourth-order valence-electron chi connectivity index (χ4n) is 2.52. The summed E-state index contributed by atoms with van der Waals surface area (Å²) in [5.74, 6) is 1.36. The fourth-order valence-corrected chi connectivity index (χ4v) is 2.52. The maximum atomic E-state index is 11.7. The molecule has 144 valence electrons. The van der Waals surface area contributed by atoms with Crippen LogP contribution in [0.1, 0.15) is 24.2 Å². The molecule has 0 bridgehead atoms. The first-order chi connectivity index (χ1) is 13.5. The normalized spacial score (nSPS) is 10.4. The van der Waals surface area contributed by atoms with Gasteiger partial charge in [0, 0.05) is 11.9 Å². The predicted octanol–water partition coefficient (Wildman–Crippen LogP) is 4.54. The molecule has 3 aromatic rings. The molecule has 0 saturated carbocycles. The summed E-state index contributed by atoms with van der Waals surface area (Å²) >= 11 is 0. The van der Waals surface area contributed by atoms with Gasteiger partial charge < -0.3 is 20.1 Å². The molecule has 0 aliphatic carbocycles. The van der Waals surface area contributed by atoms with E-state index < -0.39 is 5.97 Å². The Morgan fingerprint density at radius 2 is 1.86 bits per heavy atom. The second-order valence-corrected chi connectivity index (χ2v) is 6.25. The van der Waals surface area contributed by atoms with Crippen LogP contribution in [0.2, 0.25) is 0 Å². The van der Waals surface area contributed by atoms with Gasteiger partial charge in [-0.05, 0) is 50.2 Å². The van der Waals surface area contributed by atoms with Crippen LogP contribution in [0.5, 0.6) is 5.75 Å². The topological polar surface area (TPSA) is 85.4 Å². The highest BCUT2D eigenvalue weighted by Gasteiger charge is 2.09. The van der Waals surface area contributed by atoms with E-state index in [2.05, 4.69) is 20.6 Å². The maximum Gasteiger partial charge on any atom is 0.337 e. The van der Waals surface area contributed by atoms with Crippen LogP contribution in [0.4, 0.5) is 23.1 Å². The van der Waals surface area contributed by atoms with Crippen molar-refractivity contribution in [2.45, 2.75) is 20.0 Å². The maximum absolute atomic E-state index is 11.7. The van der Waals surface area contributed by atoms with Crippen LogP contribution in [-0.4, -0.2) is 29.2 Å². The second kappa shape index (κ2) is 8.85. The number of aromatic nitrogens is 2. The number of carbonyl (C=O) groups is 1. The van der Waals surface area contributed by atoms with Crippen molar-refractivity contribution in [2.24, 2.45) is 0 Å². The Kier molecular flexibility index (Phi) is 6.06. The molecule has 0 unspecified atom stereocenters. The molecule has 1 heterocycles. The fraction of sp³-hybridized carbons (Fsp3) is 0.190. The average Bonchev–Trinajstić information content (AvgIpc) is 2.69. The highest BCUT2D eigenvalue weighted by atomic mass is 16.5. The molecule has 0 aliphatic rings. The minimum absolute atomic E-state index is 0.0627. The summed E-state index contributed by atoms with van der Waals surface area (Å²) < 4.78 is 10.6. The molecule has 28 heavy (non-hydrogen) atoms. The van der Waals surface area contributed by atoms with Crippen molar-refractivity contribution >= 4 is 29.1 Å². The van der Waals surface area contributed by atoms with Gasteiger partial charge in [-0.3, -0.25) is 0 Å². The summed E-state index contributed by atoms with van der Waals surface area (Å²) in [5, 5.41) is 6.35. The van der Waals surface area contributed by atoms with Gasteiger partial charge in [0.05, 0.1) is 24.5 Å². The Morgan fingerprint density at radius 3 is 2.64 bits per heavy atom. The zero-order chi connectivity index (χ0) is 19.9. The lowest BCUT2D eigenvalue weighted by atomic mass is 10.2. The SMILES string of the molecule is COC(=O)c1cccc(Nc2nccc(Nc3ccccc3OC(C)C)n2)c1. The molecule has 0 amide bonds. The molecule has 2 N–H and O–H groups in total. The third-order valence-electron chi connectivity index (χ3n) is 3.71. The number of para-hydroxylation sites is 2. The first kappa shape index (κ1) is 19.2. The molecule has 0 spiro atoms. The monoisotopic (exact) mass is 378 g/mol. The number of ether oxygens (including phenoxy) is 2. The van der Waals surface area contributed by atoms with E-state index in [1.165, 1.54) is 7.11 Å². The number of benzene rings is 2. The third-order valence-corrected chi connectivity index (χ3v) is 3.71. The van der Waals surface area contributed by atoms with Crippen LogP contribution in [0.15, 0.2) is 60.8 Å². The van der Waals surface area contributed by atoms with Gasteiger partial charge in [0.2, 0.25) is 5.95 Å². The summed E-state index contributed by atoms with van der Waals surface area (Å²) in [7, 11) is 1.35. The van der Waals surface area contributed by atoms with Crippen molar-refractivity contribution in [3.63, 3.8) is 0 Å². The van der Waals surface area contributed by atoms with E-state index in [0.29, 0.717) is 23.0 Å². The molecule has 7 heteroatoms. The number of esters is 1. The summed E-state index contributed by atoms with van der Waals surface area (Å²) in [5.41, 5.74) is 1.94.